The highest BCUT2D eigenvalue weighted by atomic mass is 16.5. The van der Waals surface area contributed by atoms with Gasteiger partial charge in [0.1, 0.15) is 17.9 Å². The lowest BCUT2D eigenvalue weighted by atomic mass is 10.2. The Morgan fingerprint density at radius 2 is 2.12 bits per heavy atom. The largest absolute Gasteiger partial charge is 0.489 e. The minimum absolute atomic E-state index is 0.323. The summed E-state index contributed by atoms with van der Waals surface area (Å²) in [6.07, 6.45) is 3.06. The molecule has 0 fully saturated rings. The summed E-state index contributed by atoms with van der Waals surface area (Å²) >= 11 is 0. The molecular formula is C14H17NO2. The number of ether oxygens (including phenoxy) is 1. The van der Waals surface area contributed by atoms with E-state index in [0.29, 0.717) is 6.61 Å². The van der Waals surface area contributed by atoms with E-state index in [1.54, 1.807) is 6.20 Å². The van der Waals surface area contributed by atoms with E-state index in [0.717, 1.165) is 29.5 Å². The Kier molecular flexibility index (Phi) is 3.94. The molecule has 3 heteroatoms. The molecule has 1 N–H and O–H groups in total. The lowest BCUT2D eigenvalue weighted by molar-refractivity contribution is 0.100. The molecule has 0 saturated carbocycles. The number of aromatic nitrogens is 1. The van der Waals surface area contributed by atoms with E-state index < -0.39 is 6.10 Å². The van der Waals surface area contributed by atoms with Crippen molar-refractivity contribution in [3.05, 3.63) is 36.5 Å². The van der Waals surface area contributed by atoms with Crippen molar-refractivity contribution in [1.82, 2.24) is 4.98 Å². The van der Waals surface area contributed by atoms with Crippen LogP contribution in [0, 0.1) is 0 Å². The Hall–Kier alpha value is -1.61. The zero-order valence-corrected chi connectivity index (χ0v) is 9.97. The summed E-state index contributed by atoms with van der Waals surface area (Å²) in [6, 6.07) is 9.72. The Morgan fingerprint density at radius 1 is 1.29 bits per heavy atom. The number of pyridine rings is 1. The number of hydrogen-bond donors (Lipinski definition) is 1. The molecule has 2 rings (SSSR count). The Labute approximate surface area is 101 Å². The Balaban J connectivity index is 2.13. The SMILES string of the molecule is CCCC(O)COc1cccc2cccnc12. The standard InChI is InChI=1S/C14H17NO2/c1-2-5-12(16)10-17-13-8-3-6-11-7-4-9-15-14(11)13/h3-4,6-9,12,16H,2,5,10H2,1H3. The number of rotatable bonds is 5. The van der Waals surface area contributed by atoms with Crippen molar-refractivity contribution < 1.29 is 9.84 Å². The van der Waals surface area contributed by atoms with Crippen molar-refractivity contribution in [3.8, 4) is 5.75 Å². The minimum Gasteiger partial charge on any atom is -0.489 e. The highest BCUT2D eigenvalue weighted by molar-refractivity contribution is 5.84. The number of aliphatic hydroxyl groups is 1. The molecule has 0 aliphatic carbocycles. The summed E-state index contributed by atoms with van der Waals surface area (Å²) in [6.45, 7) is 2.37. The predicted molar refractivity (Wildman–Crippen MR) is 68.2 cm³/mol. The fourth-order valence-electron chi connectivity index (χ4n) is 1.80. The first-order chi connectivity index (χ1) is 8.31. The topological polar surface area (TPSA) is 42.4 Å². The molecule has 0 spiro atoms. The number of fused-ring (bicyclic) bond motifs is 1. The van der Waals surface area contributed by atoms with Gasteiger partial charge in [-0.15, -0.1) is 0 Å². The van der Waals surface area contributed by atoms with Crippen molar-refractivity contribution in [1.29, 1.82) is 0 Å². The van der Waals surface area contributed by atoms with Crippen molar-refractivity contribution in [2.24, 2.45) is 0 Å². The Morgan fingerprint density at radius 3 is 2.94 bits per heavy atom. The first kappa shape index (κ1) is 11.9. The molecular weight excluding hydrogens is 214 g/mol. The van der Waals surface area contributed by atoms with Gasteiger partial charge < -0.3 is 9.84 Å². The monoisotopic (exact) mass is 231 g/mol. The molecule has 2 aromatic rings. The van der Waals surface area contributed by atoms with Crippen LogP contribution in [0.4, 0.5) is 0 Å². The predicted octanol–water partition coefficient (Wildman–Crippen LogP) is 2.77. The average molecular weight is 231 g/mol. The van der Waals surface area contributed by atoms with Crippen molar-refractivity contribution in [3.63, 3.8) is 0 Å². The third kappa shape index (κ3) is 2.94. The molecule has 0 aliphatic rings. The second-order valence-corrected chi connectivity index (χ2v) is 4.08. The molecule has 1 aromatic carbocycles. The van der Waals surface area contributed by atoms with Crippen LogP contribution in [0.15, 0.2) is 36.5 Å². The summed E-state index contributed by atoms with van der Waals surface area (Å²) in [5, 5.41) is 10.7. The van der Waals surface area contributed by atoms with Crippen LogP contribution in [0.3, 0.4) is 0 Å². The highest BCUT2D eigenvalue weighted by Gasteiger charge is 2.06. The molecule has 0 saturated heterocycles. The molecule has 0 bridgehead atoms. The van der Waals surface area contributed by atoms with Gasteiger partial charge in [0.15, 0.2) is 0 Å². The van der Waals surface area contributed by atoms with Gasteiger partial charge in [0.05, 0.1) is 6.10 Å². The van der Waals surface area contributed by atoms with Crippen molar-refractivity contribution >= 4 is 10.9 Å². The maximum atomic E-state index is 9.64. The van der Waals surface area contributed by atoms with Crippen LogP contribution in [-0.2, 0) is 0 Å². The second kappa shape index (κ2) is 5.64. The Bertz CT molecular complexity index is 479. The molecule has 1 heterocycles. The van der Waals surface area contributed by atoms with E-state index in [9.17, 15) is 5.11 Å². The van der Waals surface area contributed by atoms with E-state index in [2.05, 4.69) is 4.98 Å². The smallest absolute Gasteiger partial charge is 0.145 e. The zero-order chi connectivity index (χ0) is 12.1. The number of nitrogens with zero attached hydrogens (tertiary/aromatic N) is 1. The third-order valence-electron chi connectivity index (χ3n) is 2.65. The summed E-state index contributed by atoms with van der Waals surface area (Å²) in [7, 11) is 0. The number of hydrogen-bond acceptors (Lipinski definition) is 3. The van der Waals surface area contributed by atoms with Crippen LogP contribution in [0.25, 0.3) is 10.9 Å². The molecule has 1 unspecified atom stereocenters. The molecule has 90 valence electrons. The average Bonchev–Trinajstić information content (AvgIpc) is 2.36. The quantitative estimate of drug-likeness (QED) is 0.860. The normalized spacial score (nSPS) is 12.6. The molecule has 1 aromatic heterocycles. The van der Waals surface area contributed by atoms with E-state index in [1.807, 2.05) is 37.3 Å². The van der Waals surface area contributed by atoms with Gasteiger partial charge in [-0.1, -0.05) is 31.5 Å². The van der Waals surface area contributed by atoms with Crippen molar-refractivity contribution in [2.45, 2.75) is 25.9 Å². The summed E-state index contributed by atoms with van der Waals surface area (Å²) in [5.74, 6) is 0.734. The molecule has 0 aliphatic heterocycles. The molecule has 0 radical (unpaired) electrons. The number of aliphatic hydroxyl groups excluding tert-OH is 1. The fourth-order valence-corrected chi connectivity index (χ4v) is 1.80. The fraction of sp³-hybridized carbons (Fsp3) is 0.357. The van der Waals surface area contributed by atoms with Gasteiger partial charge in [-0.3, -0.25) is 4.98 Å². The third-order valence-corrected chi connectivity index (χ3v) is 2.65. The van der Waals surface area contributed by atoms with E-state index in [-0.39, 0.29) is 0 Å². The summed E-state index contributed by atoms with van der Waals surface area (Å²) in [4.78, 5) is 4.30. The maximum absolute atomic E-state index is 9.64. The van der Waals surface area contributed by atoms with Crippen molar-refractivity contribution in [2.75, 3.05) is 6.61 Å². The van der Waals surface area contributed by atoms with Crippen LogP contribution < -0.4 is 4.74 Å². The number of benzene rings is 1. The van der Waals surface area contributed by atoms with Gasteiger partial charge in [0.25, 0.3) is 0 Å². The van der Waals surface area contributed by atoms with E-state index in [1.165, 1.54) is 0 Å². The lowest BCUT2D eigenvalue weighted by Gasteiger charge is -2.12. The van der Waals surface area contributed by atoms with Crippen LogP contribution in [-0.4, -0.2) is 22.8 Å². The van der Waals surface area contributed by atoms with Gasteiger partial charge in [0.2, 0.25) is 0 Å². The van der Waals surface area contributed by atoms with Gasteiger partial charge in [-0.25, -0.2) is 0 Å². The molecule has 1 atom stereocenters. The first-order valence-corrected chi connectivity index (χ1v) is 5.96. The highest BCUT2D eigenvalue weighted by Crippen LogP contribution is 2.23. The van der Waals surface area contributed by atoms with Gasteiger partial charge in [0, 0.05) is 11.6 Å². The van der Waals surface area contributed by atoms with Crippen LogP contribution in [0.2, 0.25) is 0 Å². The minimum atomic E-state index is -0.404. The second-order valence-electron chi connectivity index (χ2n) is 4.08. The van der Waals surface area contributed by atoms with E-state index in [4.69, 9.17) is 4.74 Å². The molecule has 3 nitrogen and oxygen atoms in total. The summed E-state index contributed by atoms with van der Waals surface area (Å²) in [5.41, 5.74) is 0.846. The zero-order valence-electron chi connectivity index (χ0n) is 9.97. The first-order valence-electron chi connectivity index (χ1n) is 5.96. The van der Waals surface area contributed by atoms with Crippen LogP contribution >= 0.6 is 0 Å². The number of para-hydroxylation sites is 1. The maximum Gasteiger partial charge on any atom is 0.145 e. The van der Waals surface area contributed by atoms with Gasteiger partial charge in [-0.2, -0.15) is 0 Å². The lowest BCUT2D eigenvalue weighted by Crippen LogP contribution is -2.17. The van der Waals surface area contributed by atoms with Gasteiger partial charge in [-0.05, 0) is 18.6 Å². The molecule has 17 heavy (non-hydrogen) atoms. The van der Waals surface area contributed by atoms with Gasteiger partial charge >= 0.3 is 0 Å². The van der Waals surface area contributed by atoms with Crippen LogP contribution in [0.1, 0.15) is 19.8 Å². The summed E-state index contributed by atoms with van der Waals surface area (Å²) < 4.78 is 5.62. The van der Waals surface area contributed by atoms with Crippen LogP contribution in [0.5, 0.6) is 5.75 Å². The van der Waals surface area contributed by atoms with E-state index >= 15 is 0 Å². The molecule has 0 amide bonds.